The molecule has 0 aliphatic carbocycles. The van der Waals surface area contributed by atoms with E-state index >= 15 is 0 Å². The van der Waals surface area contributed by atoms with Crippen molar-refractivity contribution in [2.24, 2.45) is 0 Å². The molecule has 0 aliphatic rings. The van der Waals surface area contributed by atoms with Gasteiger partial charge in [0.15, 0.2) is 13.2 Å². The Hall–Kier alpha value is -3.02. The molecule has 0 atom stereocenters. The van der Waals surface area contributed by atoms with Crippen LogP contribution in [0.5, 0.6) is 11.5 Å². The highest BCUT2D eigenvalue weighted by Gasteiger charge is 2.04. The maximum atomic E-state index is 11.8. The lowest BCUT2D eigenvalue weighted by Crippen LogP contribution is -2.30. The number of hydrogen-bond acceptors (Lipinski definition) is 4. The van der Waals surface area contributed by atoms with Crippen molar-refractivity contribution in [3.05, 3.63) is 59.2 Å². The number of rotatable bonds is 9. The smallest absolute Gasteiger partial charge is 0.341 e. The Balaban J connectivity index is 1.69. The predicted octanol–water partition coefficient (Wildman–Crippen LogP) is 2.50. The van der Waals surface area contributed by atoms with Crippen LogP contribution in [-0.4, -0.2) is 36.7 Å². The maximum Gasteiger partial charge on any atom is 0.341 e. The van der Waals surface area contributed by atoms with Gasteiger partial charge in [0.2, 0.25) is 0 Å². The summed E-state index contributed by atoms with van der Waals surface area (Å²) in [5, 5.41) is 11.4. The molecule has 0 unspecified atom stereocenters. The number of carboxylic acid groups (broad SMARTS) is 1. The van der Waals surface area contributed by atoms with E-state index < -0.39 is 5.97 Å². The number of carboxylic acids is 1. The van der Waals surface area contributed by atoms with Crippen molar-refractivity contribution < 1.29 is 24.2 Å². The largest absolute Gasteiger partial charge is 0.484 e. The fraction of sp³-hybridized carbons (Fsp3) is 0.300. The van der Waals surface area contributed by atoms with Crippen LogP contribution in [0, 0.1) is 13.8 Å². The first-order chi connectivity index (χ1) is 12.4. The molecular weight excluding hydrogens is 334 g/mol. The second-order valence-corrected chi connectivity index (χ2v) is 5.96. The number of hydrogen-bond donors (Lipinski definition) is 2. The first-order valence-corrected chi connectivity index (χ1v) is 8.34. The first-order valence-electron chi connectivity index (χ1n) is 8.34. The minimum atomic E-state index is -1.01. The van der Waals surface area contributed by atoms with Gasteiger partial charge in [0, 0.05) is 6.54 Å². The van der Waals surface area contributed by atoms with Crippen molar-refractivity contribution in [3.8, 4) is 11.5 Å². The molecular formula is C20H23NO5. The second-order valence-electron chi connectivity index (χ2n) is 5.96. The molecule has 138 valence electrons. The lowest BCUT2D eigenvalue weighted by Gasteiger charge is -2.09. The van der Waals surface area contributed by atoms with E-state index in [-0.39, 0.29) is 19.1 Å². The van der Waals surface area contributed by atoms with Crippen molar-refractivity contribution in [2.75, 3.05) is 19.8 Å². The van der Waals surface area contributed by atoms with Crippen LogP contribution in [0.1, 0.15) is 16.7 Å². The van der Waals surface area contributed by atoms with E-state index in [4.69, 9.17) is 14.6 Å². The number of benzene rings is 2. The van der Waals surface area contributed by atoms with Crippen LogP contribution >= 0.6 is 0 Å². The standard InChI is InChI=1S/C20H23NO5/c1-14-3-6-18(11-15(14)2)25-12-19(22)21-10-9-16-4-7-17(8-5-16)26-13-20(23)24/h3-8,11H,9-10,12-13H2,1-2H3,(H,21,22)(H,23,24). The number of ether oxygens (including phenoxy) is 2. The molecule has 1 amide bonds. The lowest BCUT2D eigenvalue weighted by molar-refractivity contribution is -0.139. The van der Waals surface area contributed by atoms with Gasteiger partial charge in [-0.05, 0) is 61.2 Å². The van der Waals surface area contributed by atoms with Crippen molar-refractivity contribution in [1.29, 1.82) is 0 Å². The third-order valence-electron chi connectivity index (χ3n) is 3.87. The van der Waals surface area contributed by atoms with Crippen molar-refractivity contribution >= 4 is 11.9 Å². The van der Waals surface area contributed by atoms with Gasteiger partial charge in [-0.1, -0.05) is 18.2 Å². The van der Waals surface area contributed by atoms with Crippen LogP contribution in [0.3, 0.4) is 0 Å². The van der Waals surface area contributed by atoms with Gasteiger partial charge >= 0.3 is 5.97 Å². The molecule has 6 heteroatoms. The third-order valence-corrected chi connectivity index (χ3v) is 3.87. The first kappa shape index (κ1) is 19.3. The van der Waals surface area contributed by atoms with Crippen LogP contribution in [0.4, 0.5) is 0 Å². The van der Waals surface area contributed by atoms with Gasteiger partial charge in [-0.25, -0.2) is 4.79 Å². The molecule has 2 aromatic rings. The third kappa shape index (κ3) is 6.47. The number of aryl methyl sites for hydroxylation is 2. The Morgan fingerprint density at radius 2 is 1.58 bits per heavy atom. The number of aliphatic carboxylic acids is 1. The molecule has 0 saturated heterocycles. The summed E-state index contributed by atoms with van der Waals surface area (Å²) in [5.74, 6) is -0.00776. The van der Waals surface area contributed by atoms with E-state index in [0.717, 1.165) is 11.1 Å². The van der Waals surface area contributed by atoms with Gasteiger partial charge in [-0.3, -0.25) is 4.79 Å². The fourth-order valence-electron chi connectivity index (χ4n) is 2.25. The van der Waals surface area contributed by atoms with Crippen LogP contribution in [0.2, 0.25) is 0 Å². The summed E-state index contributed by atoms with van der Waals surface area (Å²) in [7, 11) is 0. The molecule has 26 heavy (non-hydrogen) atoms. The normalized spacial score (nSPS) is 10.2. The van der Waals surface area contributed by atoms with Crippen molar-refractivity contribution in [3.63, 3.8) is 0 Å². The van der Waals surface area contributed by atoms with E-state index in [1.807, 2.05) is 44.2 Å². The van der Waals surface area contributed by atoms with Gasteiger partial charge in [-0.2, -0.15) is 0 Å². The zero-order valence-corrected chi connectivity index (χ0v) is 15.0. The monoisotopic (exact) mass is 357 g/mol. The van der Waals surface area contributed by atoms with E-state index in [2.05, 4.69) is 5.32 Å². The summed E-state index contributed by atoms with van der Waals surface area (Å²) in [6.07, 6.45) is 0.661. The molecule has 6 nitrogen and oxygen atoms in total. The number of nitrogens with one attached hydrogen (secondary N) is 1. The maximum absolute atomic E-state index is 11.8. The minimum Gasteiger partial charge on any atom is -0.484 e. The summed E-state index contributed by atoms with van der Waals surface area (Å²) in [4.78, 5) is 22.3. The molecule has 0 aliphatic heterocycles. The van der Waals surface area contributed by atoms with E-state index in [9.17, 15) is 9.59 Å². The highest BCUT2D eigenvalue weighted by atomic mass is 16.5. The zero-order chi connectivity index (χ0) is 18.9. The average molecular weight is 357 g/mol. The molecule has 2 rings (SSSR count). The summed E-state index contributed by atoms with van der Waals surface area (Å²) in [5.41, 5.74) is 3.32. The summed E-state index contributed by atoms with van der Waals surface area (Å²) in [6, 6.07) is 12.8. The fourth-order valence-corrected chi connectivity index (χ4v) is 2.25. The van der Waals surface area contributed by atoms with Crippen molar-refractivity contribution in [2.45, 2.75) is 20.3 Å². The molecule has 0 spiro atoms. The molecule has 2 aromatic carbocycles. The number of carbonyl (C=O) groups excluding carboxylic acids is 1. The topological polar surface area (TPSA) is 84.9 Å². The SMILES string of the molecule is Cc1ccc(OCC(=O)NCCc2ccc(OCC(=O)O)cc2)cc1C. The number of amides is 1. The molecule has 0 bridgehead atoms. The Kier molecular flexibility index (Phi) is 7.02. The van der Waals surface area contributed by atoms with Crippen molar-refractivity contribution in [1.82, 2.24) is 5.32 Å². The Labute approximate surface area is 152 Å². The lowest BCUT2D eigenvalue weighted by atomic mass is 10.1. The van der Waals surface area contributed by atoms with Gasteiger partial charge in [0.05, 0.1) is 0 Å². The average Bonchev–Trinajstić information content (AvgIpc) is 2.62. The van der Waals surface area contributed by atoms with Gasteiger partial charge in [0.1, 0.15) is 11.5 Å². The summed E-state index contributed by atoms with van der Waals surface area (Å²) >= 11 is 0. The summed E-state index contributed by atoms with van der Waals surface area (Å²) in [6.45, 7) is 4.13. The molecule has 0 heterocycles. The van der Waals surface area contributed by atoms with Gasteiger partial charge < -0.3 is 19.9 Å². The minimum absolute atomic E-state index is 0.0233. The molecule has 2 N–H and O–H groups in total. The van der Waals surface area contributed by atoms with Gasteiger partial charge in [-0.15, -0.1) is 0 Å². The van der Waals surface area contributed by atoms with E-state index in [1.54, 1.807) is 12.1 Å². The number of carbonyl (C=O) groups is 2. The van der Waals surface area contributed by atoms with Crippen LogP contribution in [0.15, 0.2) is 42.5 Å². The Bertz CT molecular complexity index is 755. The Morgan fingerprint density at radius 3 is 2.23 bits per heavy atom. The molecule has 0 fully saturated rings. The van der Waals surface area contributed by atoms with Crippen LogP contribution in [0.25, 0.3) is 0 Å². The quantitative estimate of drug-likeness (QED) is 0.720. The zero-order valence-electron chi connectivity index (χ0n) is 15.0. The molecule has 0 saturated carbocycles. The predicted molar refractivity (Wildman–Crippen MR) is 97.7 cm³/mol. The van der Waals surface area contributed by atoms with E-state index in [0.29, 0.717) is 24.5 Å². The highest BCUT2D eigenvalue weighted by molar-refractivity contribution is 5.77. The van der Waals surface area contributed by atoms with E-state index in [1.165, 1.54) is 5.56 Å². The Morgan fingerprint density at radius 1 is 0.923 bits per heavy atom. The second kappa shape index (κ2) is 9.46. The molecule has 0 radical (unpaired) electrons. The highest BCUT2D eigenvalue weighted by Crippen LogP contribution is 2.16. The van der Waals surface area contributed by atoms with Gasteiger partial charge in [0.25, 0.3) is 5.91 Å². The molecule has 0 aromatic heterocycles. The van der Waals surface area contributed by atoms with Crippen LogP contribution < -0.4 is 14.8 Å². The summed E-state index contributed by atoms with van der Waals surface area (Å²) < 4.78 is 10.6. The van der Waals surface area contributed by atoms with Crippen LogP contribution in [-0.2, 0) is 16.0 Å².